The third-order valence-electron chi connectivity index (χ3n) is 1.53. The number of hydrogen-bond donors (Lipinski definition) is 3. The van der Waals surface area contributed by atoms with Gasteiger partial charge in [-0.25, -0.2) is 0 Å². The standard InChI is InChI=1S/C6H13N3O4/c7-5(6(10)11)3-1-2-4-9(13)8-12/h5,12H,1-4,7H2,(H,10,11)/b9-8-. The quantitative estimate of drug-likeness (QED) is 0.234. The van der Waals surface area contributed by atoms with Gasteiger partial charge in [-0.1, -0.05) is 4.86 Å². The molecule has 0 heterocycles. The van der Waals surface area contributed by atoms with Gasteiger partial charge in [-0.05, 0) is 12.8 Å². The van der Waals surface area contributed by atoms with Gasteiger partial charge in [0.1, 0.15) is 6.04 Å². The molecule has 13 heavy (non-hydrogen) atoms. The van der Waals surface area contributed by atoms with E-state index in [1.54, 1.807) is 0 Å². The summed E-state index contributed by atoms with van der Waals surface area (Å²) in [5.74, 6) is -1.05. The predicted octanol–water partition coefficient (Wildman–Crippen LogP) is -0.0797. The highest BCUT2D eigenvalue weighted by molar-refractivity contribution is 5.72. The van der Waals surface area contributed by atoms with Gasteiger partial charge in [0, 0.05) is 6.42 Å². The number of unbranched alkanes of at least 4 members (excludes halogenated alkanes) is 1. The number of hydrogen-bond acceptors (Lipinski definition) is 4. The van der Waals surface area contributed by atoms with Crippen LogP contribution in [0.2, 0.25) is 0 Å². The van der Waals surface area contributed by atoms with Gasteiger partial charge in [0.05, 0.1) is 0 Å². The largest absolute Gasteiger partial charge is 0.597 e. The van der Waals surface area contributed by atoms with Gasteiger partial charge in [-0.2, -0.15) is 0 Å². The lowest BCUT2D eigenvalue weighted by Crippen LogP contribution is -2.29. The summed E-state index contributed by atoms with van der Waals surface area (Å²) in [4.78, 5) is 10.4. The van der Waals surface area contributed by atoms with Gasteiger partial charge >= 0.3 is 5.97 Å². The fourth-order valence-electron chi connectivity index (χ4n) is 0.780. The van der Waals surface area contributed by atoms with Crippen molar-refractivity contribution in [3.63, 3.8) is 0 Å². The topological polar surface area (TPSA) is 122 Å². The zero-order chi connectivity index (χ0) is 10.3. The minimum absolute atomic E-state index is 0.0445. The number of nitrogens with two attached hydrogens (primary N) is 1. The summed E-state index contributed by atoms with van der Waals surface area (Å²) >= 11 is 0. The second kappa shape index (κ2) is 6.18. The molecule has 0 fully saturated rings. The molecule has 0 saturated heterocycles. The van der Waals surface area contributed by atoms with Crippen LogP contribution < -0.4 is 5.73 Å². The monoisotopic (exact) mass is 191 g/mol. The van der Waals surface area contributed by atoms with Gasteiger partial charge in [0.25, 0.3) is 0 Å². The van der Waals surface area contributed by atoms with Gasteiger partial charge in [0.2, 0.25) is 0 Å². The van der Waals surface area contributed by atoms with E-state index < -0.39 is 12.0 Å². The summed E-state index contributed by atoms with van der Waals surface area (Å²) in [6.45, 7) is 0.0445. The number of carboxylic acids is 1. The fourth-order valence-corrected chi connectivity index (χ4v) is 0.780. The van der Waals surface area contributed by atoms with Crippen molar-refractivity contribution in [1.29, 1.82) is 0 Å². The van der Waals surface area contributed by atoms with Crippen molar-refractivity contribution in [3.05, 3.63) is 5.21 Å². The summed E-state index contributed by atoms with van der Waals surface area (Å²) in [6.07, 6.45) is 1.28. The Hall–Kier alpha value is -1.37. The molecule has 0 aromatic heterocycles. The first-order valence-corrected chi connectivity index (χ1v) is 3.86. The molecule has 0 amide bonds. The Kier molecular flexibility index (Phi) is 5.53. The van der Waals surface area contributed by atoms with Crippen LogP contribution in [0.5, 0.6) is 0 Å². The minimum Gasteiger partial charge on any atom is -0.597 e. The molecular formula is C6H13N3O4. The first kappa shape index (κ1) is 11.6. The zero-order valence-corrected chi connectivity index (χ0v) is 7.09. The molecule has 1 atom stereocenters. The molecule has 76 valence electrons. The molecule has 0 aromatic rings. The Balaban J connectivity index is 3.41. The van der Waals surface area contributed by atoms with Crippen LogP contribution in [0.25, 0.3) is 0 Å². The molecule has 0 saturated carbocycles. The Morgan fingerprint density at radius 3 is 2.69 bits per heavy atom. The number of carbonyl (C=O) groups is 1. The van der Waals surface area contributed by atoms with E-state index >= 15 is 0 Å². The predicted molar refractivity (Wildman–Crippen MR) is 42.2 cm³/mol. The molecule has 0 bridgehead atoms. The molecule has 0 radical (unpaired) electrons. The van der Waals surface area contributed by atoms with Crippen molar-refractivity contribution in [1.82, 2.24) is 0 Å². The minimum atomic E-state index is -1.05. The van der Waals surface area contributed by atoms with E-state index in [9.17, 15) is 10.0 Å². The highest BCUT2D eigenvalue weighted by atomic mass is 16.6. The first-order valence-electron chi connectivity index (χ1n) is 3.86. The molecule has 0 spiro atoms. The molecule has 4 N–H and O–H groups in total. The molecule has 7 nitrogen and oxygen atoms in total. The van der Waals surface area contributed by atoms with Gasteiger partial charge in [-0.3, -0.25) is 4.79 Å². The van der Waals surface area contributed by atoms with Crippen molar-refractivity contribution < 1.29 is 20.0 Å². The summed E-state index contributed by atoms with van der Waals surface area (Å²) in [5, 5.41) is 29.0. The van der Waals surface area contributed by atoms with Crippen molar-refractivity contribution in [3.8, 4) is 0 Å². The summed E-state index contributed by atoms with van der Waals surface area (Å²) in [5.41, 5.74) is 5.20. The molecule has 0 rings (SSSR count). The molecule has 0 aliphatic rings. The lowest BCUT2D eigenvalue weighted by atomic mass is 10.1. The van der Waals surface area contributed by atoms with Crippen LogP contribution in [-0.4, -0.2) is 33.7 Å². The van der Waals surface area contributed by atoms with Crippen LogP contribution in [-0.2, 0) is 4.79 Å². The molecule has 0 aliphatic carbocycles. The Bertz CT molecular complexity index is 194. The van der Waals surface area contributed by atoms with E-state index in [1.165, 1.54) is 0 Å². The van der Waals surface area contributed by atoms with Crippen LogP contribution in [0.3, 0.4) is 0 Å². The smallest absolute Gasteiger partial charge is 0.320 e. The van der Waals surface area contributed by atoms with Crippen molar-refractivity contribution in [2.75, 3.05) is 6.54 Å². The third kappa shape index (κ3) is 5.85. The number of hydroxylamine groups is 1. The van der Waals surface area contributed by atoms with E-state index in [0.29, 0.717) is 19.3 Å². The number of rotatable bonds is 6. The van der Waals surface area contributed by atoms with Crippen LogP contribution in [0, 0.1) is 5.21 Å². The SMILES string of the molecule is NC(CCCC/[N+]([O-])=N/O)C(=O)O. The van der Waals surface area contributed by atoms with Gasteiger partial charge < -0.3 is 21.3 Å². The maximum Gasteiger partial charge on any atom is 0.320 e. The Morgan fingerprint density at radius 2 is 2.23 bits per heavy atom. The average molecular weight is 191 g/mol. The second-order valence-corrected chi connectivity index (χ2v) is 2.61. The van der Waals surface area contributed by atoms with E-state index in [1.807, 2.05) is 0 Å². The molecule has 0 aliphatic heterocycles. The van der Waals surface area contributed by atoms with Gasteiger partial charge in [0.15, 0.2) is 11.8 Å². The van der Waals surface area contributed by atoms with Crippen LogP contribution in [0.1, 0.15) is 19.3 Å². The van der Waals surface area contributed by atoms with Gasteiger partial charge in [-0.15, -0.1) is 0 Å². The fraction of sp³-hybridized carbons (Fsp3) is 0.833. The number of nitrogens with zero attached hydrogens (tertiary/aromatic N) is 2. The zero-order valence-electron chi connectivity index (χ0n) is 7.09. The third-order valence-corrected chi connectivity index (χ3v) is 1.53. The lowest BCUT2D eigenvalue weighted by Gasteiger charge is -2.04. The average Bonchev–Trinajstić information content (AvgIpc) is 2.11. The number of carboxylic acid groups (broad SMARTS) is 1. The van der Waals surface area contributed by atoms with Crippen LogP contribution >= 0.6 is 0 Å². The molecular weight excluding hydrogens is 178 g/mol. The molecule has 1 unspecified atom stereocenters. The van der Waals surface area contributed by atoms with E-state index in [-0.39, 0.29) is 11.4 Å². The van der Waals surface area contributed by atoms with E-state index in [2.05, 4.69) is 5.28 Å². The van der Waals surface area contributed by atoms with Crippen LogP contribution in [0.15, 0.2) is 5.28 Å². The van der Waals surface area contributed by atoms with E-state index in [4.69, 9.17) is 16.0 Å². The maximum absolute atomic E-state index is 10.3. The van der Waals surface area contributed by atoms with Crippen molar-refractivity contribution >= 4 is 5.97 Å². The van der Waals surface area contributed by atoms with Crippen molar-refractivity contribution in [2.24, 2.45) is 11.0 Å². The Morgan fingerprint density at radius 1 is 1.62 bits per heavy atom. The highest BCUT2D eigenvalue weighted by Crippen LogP contribution is 1.99. The van der Waals surface area contributed by atoms with Crippen LogP contribution in [0.4, 0.5) is 0 Å². The maximum atomic E-state index is 10.3. The Labute approximate surface area is 75.0 Å². The normalized spacial score (nSPS) is 14.1. The summed E-state index contributed by atoms with van der Waals surface area (Å²) in [6, 6.07) is -0.883. The lowest BCUT2D eigenvalue weighted by molar-refractivity contribution is -0.556. The summed E-state index contributed by atoms with van der Waals surface area (Å²) in [7, 11) is 0. The van der Waals surface area contributed by atoms with Crippen molar-refractivity contribution in [2.45, 2.75) is 25.3 Å². The van der Waals surface area contributed by atoms with E-state index in [0.717, 1.165) is 0 Å². The second-order valence-electron chi connectivity index (χ2n) is 2.61. The molecule has 0 aromatic carbocycles. The number of aliphatic carboxylic acids is 1. The highest BCUT2D eigenvalue weighted by Gasteiger charge is 2.10. The molecule has 7 heteroatoms. The summed E-state index contributed by atoms with van der Waals surface area (Å²) < 4.78 is 0. The first-order chi connectivity index (χ1) is 6.07.